The molecule has 2 bridgehead atoms. The van der Waals surface area contributed by atoms with Crippen LogP contribution in [0.5, 0.6) is 0 Å². The first-order valence-electron chi connectivity index (χ1n) is 9.63. The van der Waals surface area contributed by atoms with Crippen LogP contribution in [0.2, 0.25) is 0 Å². The van der Waals surface area contributed by atoms with Gasteiger partial charge in [-0.1, -0.05) is 67.1 Å². The molecule has 0 saturated carbocycles. The minimum Gasteiger partial charge on any atom is -0.300 e. The average molecular weight is 319 g/mol. The number of benzene rings is 2. The second kappa shape index (κ2) is 7.11. The molecular weight excluding hydrogens is 290 g/mol. The van der Waals surface area contributed by atoms with E-state index >= 15 is 0 Å². The van der Waals surface area contributed by atoms with Crippen LogP contribution in [-0.2, 0) is 0 Å². The van der Waals surface area contributed by atoms with Crippen molar-refractivity contribution in [3.8, 4) is 0 Å². The molecule has 0 unspecified atom stereocenters. The zero-order valence-electron chi connectivity index (χ0n) is 14.8. The Hall–Kier alpha value is -1.60. The van der Waals surface area contributed by atoms with Crippen molar-refractivity contribution >= 4 is 0 Å². The number of fused-ring (bicyclic) bond motifs is 2. The van der Waals surface area contributed by atoms with Crippen LogP contribution < -0.4 is 0 Å². The van der Waals surface area contributed by atoms with Crippen molar-refractivity contribution in [2.24, 2.45) is 5.92 Å². The van der Waals surface area contributed by atoms with Crippen LogP contribution in [0.4, 0.5) is 0 Å². The monoisotopic (exact) mass is 319 g/mol. The molecule has 126 valence electrons. The van der Waals surface area contributed by atoms with Crippen LogP contribution in [0.15, 0.2) is 60.7 Å². The summed E-state index contributed by atoms with van der Waals surface area (Å²) in [6.07, 6.45) is 8.34. The molecule has 0 amide bonds. The van der Waals surface area contributed by atoms with Gasteiger partial charge in [0.05, 0.1) is 0 Å². The van der Waals surface area contributed by atoms with Gasteiger partial charge in [0.2, 0.25) is 0 Å². The van der Waals surface area contributed by atoms with Gasteiger partial charge in [-0.3, -0.25) is 0 Å². The smallest absolute Gasteiger partial charge is 0.00978 e. The molecule has 1 heteroatoms. The predicted octanol–water partition coefficient (Wildman–Crippen LogP) is 5.47. The van der Waals surface area contributed by atoms with E-state index < -0.39 is 0 Å². The number of hydrogen-bond donors (Lipinski definition) is 0. The van der Waals surface area contributed by atoms with Gasteiger partial charge in [0, 0.05) is 18.0 Å². The van der Waals surface area contributed by atoms with Gasteiger partial charge in [-0.05, 0) is 56.2 Å². The van der Waals surface area contributed by atoms with Gasteiger partial charge >= 0.3 is 0 Å². The van der Waals surface area contributed by atoms with E-state index in [0.29, 0.717) is 5.92 Å². The molecule has 2 aromatic rings. The Morgan fingerprint density at radius 2 is 1.33 bits per heavy atom. The summed E-state index contributed by atoms with van der Waals surface area (Å²) in [6.45, 7) is 0. The lowest BCUT2D eigenvalue weighted by molar-refractivity contribution is 0.0331. The van der Waals surface area contributed by atoms with Crippen LogP contribution in [0.1, 0.15) is 55.6 Å². The van der Waals surface area contributed by atoms with Gasteiger partial charge in [-0.2, -0.15) is 0 Å². The van der Waals surface area contributed by atoms with Crippen molar-refractivity contribution < 1.29 is 0 Å². The van der Waals surface area contributed by atoms with E-state index in [1.165, 1.54) is 49.7 Å². The molecule has 0 spiro atoms. The number of nitrogens with zero attached hydrogens (tertiary/aromatic N) is 1. The molecule has 2 saturated heterocycles. The Balaban J connectivity index is 1.57. The van der Waals surface area contributed by atoms with Gasteiger partial charge in [0.25, 0.3) is 0 Å². The summed E-state index contributed by atoms with van der Waals surface area (Å²) in [5.74, 6) is 1.41. The molecule has 0 N–H and O–H groups in total. The molecule has 0 aliphatic carbocycles. The van der Waals surface area contributed by atoms with Crippen molar-refractivity contribution in [3.63, 3.8) is 0 Å². The summed E-state index contributed by atoms with van der Waals surface area (Å²) >= 11 is 0. The van der Waals surface area contributed by atoms with E-state index in [1.807, 2.05) is 0 Å². The highest BCUT2D eigenvalue weighted by atomic mass is 15.2. The van der Waals surface area contributed by atoms with Crippen molar-refractivity contribution in [1.82, 2.24) is 4.90 Å². The lowest BCUT2D eigenvalue weighted by Crippen LogP contribution is -2.49. The minimum atomic E-state index is 0.543. The van der Waals surface area contributed by atoms with Crippen LogP contribution in [0.25, 0.3) is 0 Å². The summed E-state index contributed by atoms with van der Waals surface area (Å²) < 4.78 is 0. The highest BCUT2D eigenvalue weighted by molar-refractivity contribution is 5.32. The number of piperidine rings is 2. The van der Waals surface area contributed by atoms with Crippen LogP contribution in [-0.4, -0.2) is 24.0 Å². The first kappa shape index (κ1) is 15.9. The molecule has 1 nitrogen and oxygen atoms in total. The molecule has 3 atom stereocenters. The summed E-state index contributed by atoms with van der Waals surface area (Å²) in [4.78, 5) is 2.68. The zero-order valence-corrected chi connectivity index (χ0v) is 14.8. The molecular formula is C23H29N. The first-order chi connectivity index (χ1) is 11.8. The SMILES string of the molecule is CN1[C@@H]2CCC[C@H]1C[C@@H](CC(c1ccccc1)c1ccccc1)C2. The zero-order chi connectivity index (χ0) is 16.4. The highest BCUT2D eigenvalue weighted by Gasteiger charge is 2.36. The van der Waals surface area contributed by atoms with Gasteiger partial charge in [-0.15, -0.1) is 0 Å². The summed E-state index contributed by atoms with van der Waals surface area (Å²) in [5.41, 5.74) is 2.96. The van der Waals surface area contributed by atoms with Crippen LogP contribution in [0.3, 0.4) is 0 Å². The van der Waals surface area contributed by atoms with Crippen LogP contribution in [0, 0.1) is 5.92 Å². The standard InChI is InChI=1S/C23H29N/c1-24-21-13-8-14-22(24)16-18(15-21)17-23(19-9-4-2-5-10-19)20-11-6-3-7-12-20/h2-7,9-12,18,21-23H,8,13-17H2,1H3/t18-,21+,22-. The fourth-order valence-corrected chi connectivity index (χ4v) is 5.09. The highest BCUT2D eigenvalue weighted by Crippen LogP contribution is 2.41. The summed E-state index contributed by atoms with van der Waals surface area (Å²) in [5, 5.41) is 0. The van der Waals surface area contributed by atoms with Gasteiger partial charge in [-0.25, -0.2) is 0 Å². The van der Waals surface area contributed by atoms with Crippen molar-refractivity contribution in [2.75, 3.05) is 7.05 Å². The quantitative estimate of drug-likeness (QED) is 0.722. The largest absolute Gasteiger partial charge is 0.300 e. The Morgan fingerprint density at radius 3 is 1.83 bits per heavy atom. The molecule has 2 aromatic carbocycles. The van der Waals surface area contributed by atoms with E-state index in [0.717, 1.165) is 18.0 Å². The Labute approximate surface area is 146 Å². The second-order valence-corrected chi connectivity index (χ2v) is 7.85. The molecule has 2 aliphatic heterocycles. The van der Waals surface area contributed by atoms with E-state index in [4.69, 9.17) is 0 Å². The van der Waals surface area contributed by atoms with E-state index in [2.05, 4.69) is 72.6 Å². The molecule has 4 rings (SSSR count). The maximum Gasteiger partial charge on any atom is 0.00978 e. The average Bonchev–Trinajstić information content (AvgIpc) is 2.62. The fraction of sp³-hybridized carbons (Fsp3) is 0.478. The molecule has 2 aliphatic rings. The lowest BCUT2D eigenvalue weighted by Gasteiger charge is -2.47. The Kier molecular flexibility index (Phi) is 4.71. The predicted molar refractivity (Wildman–Crippen MR) is 101 cm³/mol. The fourth-order valence-electron chi connectivity index (χ4n) is 5.09. The number of hydrogen-bond acceptors (Lipinski definition) is 1. The summed E-state index contributed by atoms with van der Waals surface area (Å²) in [7, 11) is 2.36. The third-order valence-electron chi connectivity index (χ3n) is 6.41. The Bertz CT molecular complexity index is 582. The van der Waals surface area contributed by atoms with Gasteiger partial charge < -0.3 is 4.90 Å². The third-order valence-corrected chi connectivity index (χ3v) is 6.41. The molecule has 2 fully saturated rings. The molecule has 24 heavy (non-hydrogen) atoms. The maximum atomic E-state index is 2.68. The van der Waals surface area contributed by atoms with Crippen molar-refractivity contribution in [1.29, 1.82) is 0 Å². The van der Waals surface area contributed by atoms with Gasteiger partial charge in [0.15, 0.2) is 0 Å². The normalized spacial score (nSPS) is 27.3. The second-order valence-electron chi connectivity index (χ2n) is 7.85. The third kappa shape index (κ3) is 3.28. The molecule has 0 radical (unpaired) electrons. The minimum absolute atomic E-state index is 0.543. The topological polar surface area (TPSA) is 3.24 Å². The maximum absolute atomic E-state index is 2.68. The summed E-state index contributed by atoms with van der Waals surface area (Å²) in [6, 6.07) is 23.9. The van der Waals surface area contributed by atoms with Crippen molar-refractivity contribution in [3.05, 3.63) is 71.8 Å². The van der Waals surface area contributed by atoms with E-state index in [9.17, 15) is 0 Å². The van der Waals surface area contributed by atoms with Crippen molar-refractivity contribution in [2.45, 2.75) is 56.5 Å². The van der Waals surface area contributed by atoms with E-state index in [1.54, 1.807) is 0 Å². The first-order valence-corrected chi connectivity index (χ1v) is 9.63. The molecule has 2 heterocycles. The number of rotatable bonds is 4. The van der Waals surface area contributed by atoms with Gasteiger partial charge in [0.1, 0.15) is 0 Å². The lowest BCUT2D eigenvalue weighted by atomic mass is 9.73. The van der Waals surface area contributed by atoms with E-state index in [-0.39, 0.29) is 0 Å². The van der Waals surface area contributed by atoms with Crippen LogP contribution >= 0.6 is 0 Å². The Morgan fingerprint density at radius 1 is 0.833 bits per heavy atom. The molecule has 0 aromatic heterocycles.